The van der Waals surface area contributed by atoms with E-state index in [2.05, 4.69) is 20.7 Å². The quantitative estimate of drug-likeness (QED) is 0.270. The van der Waals surface area contributed by atoms with Crippen LogP contribution in [-0.2, 0) is 20.0 Å². The minimum atomic E-state index is 0. The number of rotatable bonds is 8. The van der Waals surface area contributed by atoms with Gasteiger partial charge in [-0.25, -0.2) is 4.99 Å². The molecular weight excluding hydrogens is 481 g/mol. The van der Waals surface area contributed by atoms with Gasteiger partial charge in [-0.1, -0.05) is 0 Å². The summed E-state index contributed by atoms with van der Waals surface area (Å²) in [6.07, 6.45) is 6.40. The van der Waals surface area contributed by atoms with Crippen molar-refractivity contribution in [1.29, 1.82) is 0 Å². The highest BCUT2D eigenvalue weighted by atomic mass is 127. The van der Waals surface area contributed by atoms with Gasteiger partial charge in [0.05, 0.1) is 25.1 Å². The van der Waals surface area contributed by atoms with E-state index in [1.807, 2.05) is 69.7 Å². The third-order valence-electron chi connectivity index (χ3n) is 3.91. The lowest BCUT2D eigenvalue weighted by Crippen LogP contribution is -2.32. The topological polar surface area (TPSA) is 76.6 Å². The molecule has 0 unspecified atom stereocenters. The maximum Gasteiger partial charge on any atom is 0.196 e. The van der Waals surface area contributed by atoms with E-state index in [4.69, 9.17) is 9.15 Å². The summed E-state index contributed by atoms with van der Waals surface area (Å²) in [6, 6.07) is 11.7. The van der Waals surface area contributed by atoms with Gasteiger partial charge in [-0.15, -0.1) is 24.0 Å². The summed E-state index contributed by atoms with van der Waals surface area (Å²) in [5.74, 6) is 2.49. The molecule has 0 saturated carbocycles. The molecule has 2 aromatic heterocycles. The highest BCUT2D eigenvalue weighted by Gasteiger charge is 2.04. The van der Waals surface area contributed by atoms with Gasteiger partial charge in [-0.3, -0.25) is 4.68 Å². The van der Waals surface area contributed by atoms with Crippen LogP contribution in [0.5, 0.6) is 5.75 Å². The Kier molecular flexibility index (Phi) is 9.04. The number of furan rings is 1. The normalized spacial score (nSPS) is 11.2. The number of ether oxygens (including phenoxy) is 1. The first-order valence-electron chi connectivity index (χ1n) is 9.40. The van der Waals surface area contributed by atoms with E-state index in [9.17, 15) is 0 Å². The number of hydrogen-bond donors (Lipinski definition) is 2. The number of benzene rings is 1. The molecule has 156 valence electrons. The van der Waals surface area contributed by atoms with Gasteiger partial charge >= 0.3 is 0 Å². The van der Waals surface area contributed by atoms with Crippen LogP contribution in [-0.4, -0.2) is 28.4 Å². The second-order valence-corrected chi connectivity index (χ2v) is 6.76. The number of anilines is 1. The van der Waals surface area contributed by atoms with E-state index >= 15 is 0 Å². The Morgan fingerprint density at radius 3 is 2.66 bits per heavy atom. The molecule has 0 bridgehead atoms. The number of halogens is 1. The minimum Gasteiger partial charge on any atom is -0.491 e. The van der Waals surface area contributed by atoms with Crippen LogP contribution in [0.25, 0.3) is 0 Å². The Bertz CT molecular complexity index is 873. The van der Waals surface area contributed by atoms with E-state index < -0.39 is 0 Å². The van der Waals surface area contributed by atoms with E-state index in [0.717, 1.165) is 29.2 Å². The molecule has 3 aromatic rings. The summed E-state index contributed by atoms with van der Waals surface area (Å²) in [4.78, 5) is 4.67. The van der Waals surface area contributed by atoms with Gasteiger partial charge in [0.15, 0.2) is 5.96 Å². The van der Waals surface area contributed by atoms with Crippen LogP contribution < -0.4 is 15.4 Å². The number of aliphatic imine (C=N–C) groups is 1. The van der Waals surface area contributed by atoms with Crippen molar-refractivity contribution < 1.29 is 9.15 Å². The maximum absolute atomic E-state index is 5.69. The Morgan fingerprint density at radius 2 is 2.03 bits per heavy atom. The van der Waals surface area contributed by atoms with Crippen LogP contribution in [0, 0.1) is 0 Å². The standard InChI is InChI=1S/C21H27N5O2.HI/c1-16(2)28-20-8-6-18(7-9-20)25-21(22-11-10-19-5-4-12-27-19)23-13-17-14-24-26(3)15-17;/h4-9,12,14-16H,10-11,13H2,1-3H3,(H2,22,23,25);1H. The second-order valence-electron chi connectivity index (χ2n) is 6.76. The van der Waals surface area contributed by atoms with Crippen LogP contribution >= 0.6 is 24.0 Å². The van der Waals surface area contributed by atoms with Crippen molar-refractivity contribution in [3.8, 4) is 5.75 Å². The molecule has 0 amide bonds. The molecule has 0 aliphatic carbocycles. The molecular formula is C21H28IN5O2. The fourth-order valence-electron chi connectivity index (χ4n) is 2.65. The third-order valence-corrected chi connectivity index (χ3v) is 3.91. The monoisotopic (exact) mass is 509 g/mol. The number of hydrogen-bond acceptors (Lipinski definition) is 4. The van der Waals surface area contributed by atoms with Crippen LogP contribution in [0.15, 0.2) is 64.5 Å². The zero-order valence-electron chi connectivity index (χ0n) is 17.0. The number of aryl methyl sites for hydroxylation is 1. The molecule has 0 atom stereocenters. The zero-order valence-corrected chi connectivity index (χ0v) is 19.3. The summed E-state index contributed by atoms with van der Waals surface area (Å²) in [5.41, 5.74) is 1.99. The maximum atomic E-state index is 5.69. The molecule has 1 aromatic carbocycles. The number of nitrogens with one attached hydrogen (secondary N) is 2. The average Bonchev–Trinajstić information content (AvgIpc) is 3.32. The summed E-state index contributed by atoms with van der Waals surface area (Å²) < 4.78 is 12.9. The summed E-state index contributed by atoms with van der Waals surface area (Å²) in [6.45, 7) is 5.27. The molecule has 0 fully saturated rings. The van der Waals surface area contributed by atoms with Crippen LogP contribution in [0.4, 0.5) is 5.69 Å². The van der Waals surface area contributed by atoms with Gasteiger partial charge in [0, 0.05) is 37.5 Å². The Labute approximate surface area is 188 Å². The molecule has 7 nitrogen and oxygen atoms in total. The predicted octanol–water partition coefficient (Wildman–Crippen LogP) is 4.22. The largest absolute Gasteiger partial charge is 0.491 e. The lowest BCUT2D eigenvalue weighted by molar-refractivity contribution is 0.242. The van der Waals surface area contributed by atoms with Crippen molar-refractivity contribution >= 4 is 35.6 Å². The molecule has 0 saturated heterocycles. The van der Waals surface area contributed by atoms with Gasteiger partial charge in [-0.2, -0.15) is 5.10 Å². The predicted molar refractivity (Wildman–Crippen MR) is 126 cm³/mol. The Hall–Kier alpha value is -2.49. The number of aromatic nitrogens is 2. The summed E-state index contributed by atoms with van der Waals surface area (Å²) in [7, 11) is 1.90. The first-order chi connectivity index (χ1) is 13.6. The second kappa shape index (κ2) is 11.5. The van der Waals surface area contributed by atoms with Crippen molar-refractivity contribution in [3.05, 3.63) is 66.4 Å². The van der Waals surface area contributed by atoms with E-state index in [-0.39, 0.29) is 30.1 Å². The van der Waals surface area contributed by atoms with E-state index in [0.29, 0.717) is 19.0 Å². The molecule has 29 heavy (non-hydrogen) atoms. The third kappa shape index (κ3) is 7.80. The molecule has 8 heteroatoms. The Balaban J connectivity index is 0.00000300. The van der Waals surface area contributed by atoms with Crippen molar-refractivity contribution in [3.63, 3.8) is 0 Å². The molecule has 2 N–H and O–H groups in total. The first kappa shape index (κ1) is 22.8. The fourth-order valence-corrected chi connectivity index (χ4v) is 2.65. The average molecular weight is 509 g/mol. The molecule has 2 heterocycles. The molecule has 0 radical (unpaired) electrons. The minimum absolute atomic E-state index is 0. The highest BCUT2D eigenvalue weighted by molar-refractivity contribution is 14.0. The van der Waals surface area contributed by atoms with E-state index in [1.165, 1.54) is 0 Å². The lowest BCUT2D eigenvalue weighted by Gasteiger charge is -2.14. The van der Waals surface area contributed by atoms with Crippen LogP contribution in [0.2, 0.25) is 0 Å². The van der Waals surface area contributed by atoms with Gasteiger partial charge in [0.25, 0.3) is 0 Å². The van der Waals surface area contributed by atoms with Gasteiger partial charge < -0.3 is 19.8 Å². The van der Waals surface area contributed by atoms with Crippen molar-refractivity contribution in [2.75, 3.05) is 11.9 Å². The summed E-state index contributed by atoms with van der Waals surface area (Å²) >= 11 is 0. The lowest BCUT2D eigenvalue weighted by atomic mass is 10.3. The van der Waals surface area contributed by atoms with Gasteiger partial charge in [0.1, 0.15) is 11.5 Å². The summed E-state index contributed by atoms with van der Waals surface area (Å²) in [5, 5.41) is 10.9. The molecule has 0 spiro atoms. The zero-order chi connectivity index (χ0) is 19.8. The van der Waals surface area contributed by atoms with Crippen molar-refractivity contribution in [2.24, 2.45) is 12.0 Å². The van der Waals surface area contributed by atoms with Crippen LogP contribution in [0.1, 0.15) is 25.2 Å². The Morgan fingerprint density at radius 1 is 1.24 bits per heavy atom. The highest BCUT2D eigenvalue weighted by Crippen LogP contribution is 2.17. The number of guanidine groups is 1. The van der Waals surface area contributed by atoms with Gasteiger partial charge in [-0.05, 0) is 50.2 Å². The fraction of sp³-hybridized carbons (Fsp3) is 0.333. The van der Waals surface area contributed by atoms with Crippen molar-refractivity contribution in [1.82, 2.24) is 15.1 Å². The van der Waals surface area contributed by atoms with Crippen LogP contribution in [0.3, 0.4) is 0 Å². The molecule has 3 rings (SSSR count). The smallest absolute Gasteiger partial charge is 0.196 e. The van der Waals surface area contributed by atoms with Crippen molar-refractivity contribution in [2.45, 2.75) is 32.9 Å². The first-order valence-corrected chi connectivity index (χ1v) is 9.40. The molecule has 0 aliphatic heterocycles. The van der Waals surface area contributed by atoms with Gasteiger partial charge in [0.2, 0.25) is 0 Å². The van der Waals surface area contributed by atoms with E-state index in [1.54, 1.807) is 10.9 Å². The molecule has 0 aliphatic rings. The number of nitrogens with zero attached hydrogens (tertiary/aromatic N) is 3. The SMILES string of the molecule is CC(C)Oc1ccc(NC(=NCc2cnn(C)c2)NCCc2ccco2)cc1.I.